The van der Waals surface area contributed by atoms with Crippen molar-refractivity contribution in [2.75, 3.05) is 7.05 Å². The Bertz CT molecular complexity index is 191. The Morgan fingerprint density at radius 3 is 3.11 bits per heavy atom. The van der Waals surface area contributed by atoms with Gasteiger partial charge in [0, 0.05) is 31.2 Å². The lowest BCUT2D eigenvalue weighted by Gasteiger charge is -1.85. The van der Waals surface area contributed by atoms with E-state index in [2.05, 4.69) is 9.98 Å². The van der Waals surface area contributed by atoms with Crippen molar-refractivity contribution in [2.45, 2.75) is 0 Å². The molecule has 0 spiro atoms. The van der Waals surface area contributed by atoms with Crippen molar-refractivity contribution in [3.05, 3.63) is 30.1 Å². The number of hydrogen-bond acceptors (Lipinski definition) is 2. The van der Waals surface area contributed by atoms with Gasteiger partial charge in [-0.25, -0.2) is 0 Å². The van der Waals surface area contributed by atoms with Gasteiger partial charge in [-0.15, -0.1) is 0 Å². The molecule has 1 rings (SSSR count). The van der Waals surface area contributed by atoms with Crippen LogP contribution in [-0.2, 0) is 0 Å². The van der Waals surface area contributed by atoms with Gasteiger partial charge in [0.25, 0.3) is 0 Å². The molecule has 46 valence electrons. The third-order valence-electron chi connectivity index (χ3n) is 0.963. The molecule has 1 aromatic rings. The quantitative estimate of drug-likeness (QED) is 0.510. The highest BCUT2D eigenvalue weighted by atomic mass is 14.7. The Balaban J connectivity index is 2.85. The molecule has 0 radical (unpaired) electrons. The van der Waals surface area contributed by atoms with Gasteiger partial charge in [-0.05, 0) is 6.07 Å². The van der Waals surface area contributed by atoms with E-state index in [1.165, 1.54) is 0 Å². The number of nitrogens with zero attached hydrogens (tertiary/aromatic N) is 2. The van der Waals surface area contributed by atoms with Gasteiger partial charge in [0.15, 0.2) is 0 Å². The predicted molar refractivity (Wildman–Crippen MR) is 37.8 cm³/mol. The lowest BCUT2D eigenvalue weighted by Crippen LogP contribution is -1.79. The van der Waals surface area contributed by atoms with Crippen LogP contribution < -0.4 is 0 Å². The first kappa shape index (κ1) is 5.95. The van der Waals surface area contributed by atoms with Crippen molar-refractivity contribution in [3.8, 4) is 0 Å². The fourth-order valence-electron chi connectivity index (χ4n) is 0.601. The minimum absolute atomic E-state index is 1.04. The molecule has 0 N–H and O–H groups in total. The molecule has 2 nitrogen and oxygen atoms in total. The first-order valence-electron chi connectivity index (χ1n) is 2.75. The van der Waals surface area contributed by atoms with E-state index in [0.29, 0.717) is 0 Å². The minimum Gasteiger partial charge on any atom is -0.296 e. The number of rotatable bonds is 1. The van der Waals surface area contributed by atoms with Gasteiger partial charge in [-0.3, -0.25) is 9.98 Å². The van der Waals surface area contributed by atoms with Gasteiger partial charge in [0.2, 0.25) is 0 Å². The van der Waals surface area contributed by atoms with Crippen LogP contribution in [-0.4, -0.2) is 18.2 Å². The zero-order valence-corrected chi connectivity index (χ0v) is 5.28. The van der Waals surface area contributed by atoms with Crippen LogP contribution >= 0.6 is 0 Å². The second kappa shape index (κ2) is 2.97. The number of aliphatic imine (C=N–C) groups is 1. The van der Waals surface area contributed by atoms with Crippen molar-refractivity contribution in [3.63, 3.8) is 0 Å². The summed E-state index contributed by atoms with van der Waals surface area (Å²) in [4.78, 5) is 7.75. The molecule has 9 heavy (non-hydrogen) atoms. The average molecular weight is 120 g/mol. The summed E-state index contributed by atoms with van der Waals surface area (Å²) in [7, 11) is 1.74. The summed E-state index contributed by atoms with van der Waals surface area (Å²) >= 11 is 0. The van der Waals surface area contributed by atoms with Crippen LogP contribution in [0.25, 0.3) is 0 Å². The van der Waals surface area contributed by atoms with E-state index in [-0.39, 0.29) is 0 Å². The maximum atomic E-state index is 3.91. The molecule has 0 unspecified atom stereocenters. The monoisotopic (exact) mass is 120 g/mol. The molecule has 0 amide bonds. The van der Waals surface area contributed by atoms with E-state index in [1.807, 2.05) is 12.1 Å². The van der Waals surface area contributed by atoms with Crippen molar-refractivity contribution in [1.29, 1.82) is 0 Å². The first-order valence-corrected chi connectivity index (χ1v) is 2.75. The first-order chi connectivity index (χ1) is 4.43. The summed E-state index contributed by atoms with van der Waals surface area (Å²) in [5.74, 6) is 0. The maximum absolute atomic E-state index is 3.91. The summed E-state index contributed by atoms with van der Waals surface area (Å²) in [6.45, 7) is 0. The zero-order valence-electron chi connectivity index (χ0n) is 5.28. The Morgan fingerprint density at radius 1 is 1.67 bits per heavy atom. The Morgan fingerprint density at radius 2 is 2.56 bits per heavy atom. The lowest BCUT2D eigenvalue weighted by atomic mass is 10.3. The molecule has 0 aliphatic heterocycles. The zero-order chi connectivity index (χ0) is 6.53. The summed E-state index contributed by atoms with van der Waals surface area (Å²) < 4.78 is 0. The van der Waals surface area contributed by atoms with Gasteiger partial charge in [-0.1, -0.05) is 6.07 Å². The number of pyridine rings is 1. The predicted octanol–water partition coefficient (Wildman–Crippen LogP) is 1.13. The van der Waals surface area contributed by atoms with Crippen LogP contribution in [0.5, 0.6) is 0 Å². The van der Waals surface area contributed by atoms with Crippen LogP contribution in [0, 0.1) is 0 Å². The summed E-state index contributed by atoms with van der Waals surface area (Å²) in [5.41, 5.74) is 1.04. The molecule has 0 aliphatic rings. The van der Waals surface area contributed by atoms with Crippen LogP contribution in [0.2, 0.25) is 0 Å². The average Bonchev–Trinajstić information content (AvgIpc) is 1.91. The van der Waals surface area contributed by atoms with Gasteiger partial charge in [0.05, 0.1) is 0 Å². The second-order valence-corrected chi connectivity index (χ2v) is 1.67. The highest BCUT2D eigenvalue weighted by Crippen LogP contribution is 1.88. The SMILES string of the molecule is CN=Cc1cccnc1. The standard InChI is InChI=1S/C7H8N2/c1-8-5-7-3-2-4-9-6-7/h2-6H,1H3. The van der Waals surface area contributed by atoms with Crippen molar-refractivity contribution in [1.82, 2.24) is 4.98 Å². The van der Waals surface area contributed by atoms with Gasteiger partial charge in [-0.2, -0.15) is 0 Å². The van der Waals surface area contributed by atoms with E-state index in [9.17, 15) is 0 Å². The maximum Gasteiger partial charge on any atom is 0.0355 e. The van der Waals surface area contributed by atoms with Crippen molar-refractivity contribution < 1.29 is 0 Å². The van der Waals surface area contributed by atoms with Gasteiger partial charge in [0.1, 0.15) is 0 Å². The summed E-state index contributed by atoms with van der Waals surface area (Å²) in [6.07, 6.45) is 5.28. The van der Waals surface area contributed by atoms with Crippen LogP contribution in [0.1, 0.15) is 5.56 Å². The molecule has 2 heteroatoms. The Labute approximate surface area is 54.3 Å². The van der Waals surface area contributed by atoms with Crippen LogP contribution in [0.15, 0.2) is 29.5 Å². The largest absolute Gasteiger partial charge is 0.296 e. The van der Waals surface area contributed by atoms with Crippen LogP contribution in [0.3, 0.4) is 0 Å². The van der Waals surface area contributed by atoms with E-state index in [1.54, 1.807) is 25.7 Å². The lowest BCUT2D eigenvalue weighted by molar-refractivity contribution is 1.32. The number of aromatic nitrogens is 1. The van der Waals surface area contributed by atoms with E-state index >= 15 is 0 Å². The highest BCUT2D eigenvalue weighted by molar-refractivity contribution is 5.78. The Hall–Kier alpha value is -1.18. The molecule has 0 atom stereocenters. The molecule has 1 aromatic heterocycles. The second-order valence-electron chi connectivity index (χ2n) is 1.67. The molecule has 0 saturated carbocycles. The molecule has 1 heterocycles. The fourth-order valence-corrected chi connectivity index (χ4v) is 0.601. The Kier molecular flexibility index (Phi) is 1.96. The fraction of sp³-hybridized carbons (Fsp3) is 0.143. The van der Waals surface area contributed by atoms with Gasteiger partial charge >= 0.3 is 0 Å². The van der Waals surface area contributed by atoms with Crippen LogP contribution in [0.4, 0.5) is 0 Å². The van der Waals surface area contributed by atoms with E-state index in [0.717, 1.165) is 5.56 Å². The summed E-state index contributed by atoms with van der Waals surface area (Å²) in [5, 5.41) is 0. The molecule has 0 fully saturated rings. The normalized spacial score (nSPS) is 10.3. The third-order valence-corrected chi connectivity index (χ3v) is 0.963. The molecule has 0 bridgehead atoms. The third kappa shape index (κ3) is 1.64. The minimum atomic E-state index is 1.04. The van der Waals surface area contributed by atoms with Gasteiger partial charge < -0.3 is 0 Å². The smallest absolute Gasteiger partial charge is 0.0355 e. The molecular formula is C7H8N2. The highest BCUT2D eigenvalue weighted by Gasteiger charge is 1.79. The molecule has 0 aliphatic carbocycles. The molecule has 0 aromatic carbocycles. The van der Waals surface area contributed by atoms with Crippen molar-refractivity contribution >= 4 is 6.21 Å². The summed E-state index contributed by atoms with van der Waals surface area (Å²) in [6, 6.07) is 3.84. The topological polar surface area (TPSA) is 25.2 Å². The molecule has 0 saturated heterocycles. The van der Waals surface area contributed by atoms with E-state index in [4.69, 9.17) is 0 Å². The van der Waals surface area contributed by atoms with Crippen molar-refractivity contribution in [2.24, 2.45) is 4.99 Å². The number of hydrogen-bond donors (Lipinski definition) is 0. The molecular weight excluding hydrogens is 112 g/mol. The van der Waals surface area contributed by atoms with E-state index < -0.39 is 0 Å².